The van der Waals surface area contributed by atoms with Crippen LogP contribution in [0, 0.1) is 6.92 Å². The van der Waals surface area contributed by atoms with Crippen molar-refractivity contribution in [3.8, 4) is 5.88 Å². The molecular weight excluding hydrogens is 428 g/mol. The quantitative estimate of drug-likeness (QED) is 0.445. The highest BCUT2D eigenvalue weighted by molar-refractivity contribution is 7.20. The molecule has 0 radical (unpaired) electrons. The zero-order valence-corrected chi connectivity index (χ0v) is 19.1. The summed E-state index contributed by atoms with van der Waals surface area (Å²) in [4.78, 5) is 30.5. The number of carbonyl (C=O) groups is 1. The summed E-state index contributed by atoms with van der Waals surface area (Å²) in [6, 6.07) is 7.75. The normalized spacial score (nSPS) is 16.7. The van der Waals surface area contributed by atoms with Crippen LogP contribution in [-0.2, 0) is 11.3 Å². The standard InChI is InChI=1S/C23H24N4O4S/c1-13-18-21(30-3)25-17(12-29-2)26-22(18)32-19(13)23(28)27-10-6-7-14(11-27)20-24-15-8-4-5-9-16(15)31-20/h4-5,8-9,14H,6-7,10-12H2,1-3H3. The molecule has 0 spiro atoms. The van der Waals surface area contributed by atoms with Crippen molar-refractivity contribution in [1.82, 2.24) is 19.9 Å². The van der Waals surface area contributed by atoms with E-state index in [-0.39, 0.29) is 18.4 Å². The molecule has 4 aromatic rings. The maximum absolute atomic E-state index is 13.5. The van der Waals surface area contributed by atoms with Gasteiger partial charge in [-0.1, -0.05) is 12.1 Å². The van der Waals surface area contributed by atoms with Crippen LogP contribution in [0.4, 0.5) is 0 Å². The molecule has 9 heteroatoms. The highest BCUT2D eigenvalue weighted by Crippen LogP contribution is 2.37. The topological polar surface area (TPSA) is 90.6 Å². The van der Waals surface area contributed by atoms with E-state index in [0.717, 1.165) is 39.7 Å². The number of carbonyl (C=O) groups excluding carboxylic acids is 1. The number of likely N-dealkylation sites (tertiary alicyclic amines) is 1. The van der Waals surface area contributed by atoms with Crippen LogP contribution in [0.5, 0.6) is 5.88 Å². The summed E-state index contributed by atoms with van der Waals surface area (Å²) in [6.07, 6.45) is 1.85. The van der Waals surface area contributed by atoms with Gasteiger partial charge in [0.15, 0.2) is 17.3 Å². The third kappa shape index (κ3) is 3.61. The second-order valence-electron chi connectivity index (χ2n) is 7.93. The number of methoxy groups -OCH3 is 2. The minimum absolute atomic E-state index is 0.00153. The average Bonchev–Trinajstić information content (AvgIpc) is 3.40. The molecule has 8 nitrogen and oxygen atoms in total. The molecule has 166 valence electrons. The number of aromatic nitrogens is 3. The fourth-order valence-corrected chi connectivity index (χ4v) is 5.42. The van der Waals surface area contributed by atoms with Gasteiger partial charge in [0, 0.05) is 20.2 Å². The van der Waals surface area contributed by atoms with E-state index in [0.29, 0.717) is 35.6 Å². The molecule has 3 aromatic heterocycles. The molecule has 1 amide bonds. The van der Waals surface area contributed by atoms with E-state index in [1.807, 2.05) is 36.1 Å². The molecule has 1 aliphatic heterocycles. The van der Waals surface area contributed by atoms with Crippen molar-refractivity contribution in [1.29, 1.82) is 0 Å². The van der Waals surface area contributed by atoms with Gasteiger partial charge in [-0.05, 0) is 37.5 Å². The number of amides is 1. The molecule has 0 saturated carbocycles. The van der Waals surface area contributed by atoms with Crippen LogP contribution in [0.2, 0.25) is 0 Å². The minimum Gasteiger partial charge on any atom is -0.480 e. The molecule has 4 heterocycles. The van der Waals surface area contributed by atoms with Crippen LogP contribution < -0.4 is 4.74 Å². The smallest absolute Gasteiger partial charge is 0.264 e. The Morgan fingerprint density at radius 1 is 1.25 bits per heavy atom. The Labute approximate surface area is 189 Å². The molecule has 0 N–H and O–H groups in total. The van der Waals surface area contributed by atoms with Gasteiger partial charge in [-0.15, -0.1) is 11.3 Å². The molecule has 1 unspecified atom stereocenters. The van der Waals surface area contributed by atoms with E-state index in [2.05, 4.69) is 15.0 Å². The average molecular weight is 453 g/mol. The Hall–Kier alpha value is -3.04. The number of ether oxygens (including phenoxy) is 2. The predicted molar refractivity (Wildman–Crippen MR) is 121 cm³/mol. The van der Waals surface area contributed by atoms with E-state index < -0.39 is 0 Å². The molecule has 5 rings (SSSR count). The highest BCUT2D eigenvalue weighted by Gasteiger charge is 2.31. The number of thiophene rings is 1. The molecule has 1 fully saturated rings. The number of nitrogens with zero attached hydrogens (tertiary/aromatic N) is 4. The van der Waals surface area contributed by atoms with E-state index in [1.165, 1.54) is 11.3 Å². The number of aryl methyl sites for hydroxylation is 1. The summed E-state index contributed by atoms with van der Waals surface area (Å²) in [6.45, 7) is 3.50. The number of para-hydroxylation sites is 2. The molecular formula is C23H24N4O4S. The number of rotatable bonds is 5. The first-order chi connectivity index (χ1) is 15.6. The summed E-state index contributed by atoms with van der Waals surface area (Å²) < 4.78 is 16.6. The van der Waals surface area contributed by atoms with E-state index in [9.17, 15) is 4.79 Å². The van der Waals surface area contributed by atoms with Crippen molar-refractivity contribution < 1.29 is 18.7 Å². The predicted octanol–water partition coefficient (Wildman–Crippen LogP) is 4.32. The Kier molecular flexibility index (Phi) is 5.52. The van der Waals surface area contributed by atoms with Crippen LogP contribution >= 0.6 is 11.3 Å². The largest absolute Gasteiger partial charge is 0.480 e. The fourth-order valence-electron chi connectivity index (χ4n) is 4.26. The van der Waals surface area contributed by atoms with Crippen molar-refractivity contribution in [3.63, 3.8) is 0 Å². The minimum atomic E-state index is 0.00153. The molecule has 1 atom stereocenters. The Bertz CT molecular complexity index is 1270. The number of fused-ring (bicyclic) bond motifs is 2. The van der Waals surface area contributed by atoms with Gasteiger partial charge in [0.1, 0.15) is 17.0 Å². The fraction of sp³-hybridized carbons (Fsp3) is 0.391. The zero-order chi connectivity index (χ0) is 22.2. The van der Waals surface area contributed by atoms with Crippen molar-refractivity contribution in [2.45, 2.75) is 32.3 Å². The van der Waals surface area contributed by atoms with Crippen LogP contribution in [0.25, 0.3) is 21.3 Å². The number of hydrogen-bond acceptors (Lipinski definition) is 8. The van der Waals surface area contributed by atoms with E-state index in [1.54, 1.807) is 14.2 Å². The molecule has 1 saturated heterocycles. The van der Waals surface area contributed by atoms with E-state index >= 15 is 0 Å². The Balaban J connectivity index is 1.44. The van der Waals surface area contributed by atoms with Gasteiger partial charge in [-0.25, -0.2) is 9.97 Å². The number of benzene rings is 1. The molecule has 32 heavy (non-hydrogen) atoms. The van der Waals surface area contributed by atoms with Gasteiger partial charge >= 0.3 is 0 Å². The van der Waals surface area contributed by atoms with Gasteiger partial charge in [-0.2, -0.15) is 4.98 Å². The molecule has 1 aliphatic rings. The number of piperidine rings is 1. The summed E-state index contributed by atoms with van der Waals surface area (Å²) in [5.74, 6) is 1.79. The second-order valence-corrected chi connectivity index (χ2v) is 8.93. The van der Waals surface area contributed by atoms with Crippen molar-refractivity contribution >= 4 is 38.6 Å². The third-order valence-corrected chi connectivity index (χ3v) is 7.01. The maximum Gasteiger partial charge on any atom is 0.264 e. The third-order valence-electron chi connectivity index (χ3n) is 5.83. The molecule has 0 bridgehead atoms. The van der Waals surface area contributed by atoms with Gasteiger partial charge < -0.3 is 18.8 Å². The highest BCUT2D eigenvalue weighted by atomic mass is 32.1. The summed E-state index contributed by atoms with van der Waals surface area (Å²) in [7, 11) is 3.17. The summed E-state index contributed by atoms with van der Waals surface area (Å²) >= 11 is 1.38. The van der Waals surface area contributed by atoms with Gasteiger partial charge in [0.2, 0.25) is 5.88 Å². The first-order valence-corrected chi connectivity index (χ1v) is 11.4. The lowest BCUT2D eigenvalue weighted by Crippen LogP contribution is -2.39. The second kappa shape index (κ2) is 8.48. The number of hydrogen-bond donors (Lipinski definition) is 0. The Morgan fingerprint density at radius 3 is 2.88 bits per heavy atom. The number of oxazole rings is 1. The van der Waals surface area contributed by atoms with Crippen molar-refractivity contribution in [2.75, 3.05) is 27.3 Å². The van der Waals surface area contributed by atoms with Crippen molar-refractivity contribution in [3.05, 3.63) is 46.4 Å². The van der Waals surface area contributed by atoms with Crippen LogP contribution in [0.15, 0.2) is 28.7 Å². The Morgan fingerprint density at radius 2 is 2.09 bits per heavy atom. The lowest BCUT2D eigenvalue weighted by molar-refractivity contribution is 0.0703. The van der Waals surface area contributed by atoms with E-state index in [4.69, 9.17) is 13.9 Å². The van der Waals surface area contributed by atoms with Gasteiger partial charge in [-0.3, -0.25) is 4.79 Å². The summed E-state index contributed by atoms with van der Waals surface area (Å²) in [5, 5.41) is 0.785. The zero-order valence-electron chi connectivity index (χ0n) is 18.3. The van der Waals surface area contributed by atoms with Crippen LogP contribution in [-0.4, -0.2) is 53.1 Å². The van der Waals surface area contributed by atoms with Crippen LogP contribution in [0.1, 0.15) is 45.7 Å². The SMILES string of the molecule is COCc1nc(OC)c2c(C)c(C(=O)N3CCCC(c4nc5ccccc5o4)C3)sc2n1. The van der Waals surface area contributed by atoms with Crippen LogP contribution in [0.3, 0.4) is 0 Å². The van der Waals surface area contributed by atoms with Gasteiger partial charge in [0.05, 0.1) is 23.3 Å². The van der Waals surface area contributed by atoms with Crippen molar-refractivity contribution in [2.24, 2.45) is 0 Å². The first-order valence-electron chi connectivity index (χ1n) is 10.6. The summed E-state index contributed by atoms with van der Waals surface area (Å²) in [5.41, 5.74) is 2.48. The molecule has 0 aliphatic carbocycles. The monoisotopic (exact) mass is 452 g/mol. The first kappa shape index (κ1) is 20.8. The van der Waals surface area contributed by atoms with Gasteiger partial charge in [0.25, 0.3) is 5.91 Å². The molecule has 1 aromatic carbocycles. The lowest BCUT2D eigenvalue weighted by Gasteiger charge is -2.31. The lowest BCUT2D eigenvalue weighted by atomic mass is 9.97. The maximum atomic E-state index is 13.5.